The number of nitrogens with zero attached hydrogens (tertiary/aromatic N) is 1. The largest absolute Gasteiger partial charge is 0.364 e. The van der Waals surface area contributed by atoms with Gasteiger partial charge in [-0.25, -0.2) is 0 Å². The Kier molecular flexibility index (Phi) is 4.52. The smallest absolute Gasteiger partial charge is 0.159 e. The second-order valence-corrected chi connectivity index (χ2v) is 3.59. The average Bonchev–Trinajstić information content (AvgIpc) is 2.29. The molecule has 0 aliphatic rings. The molecule has 84 valence electrons. The van der Waals surface area contributed by atoms with Gasteiger partial charge in [0.25, 0.3) is 0 Å². The molecule has 0 heterocycles. The van der Waals surface area contributed by atoms with E-state index in [0.717, 1.165) is 24.3 Å². The van der Waals surface area contributed by atoms with Gasteiger partial charge in [-0.1, -0.05) is 12.2 Å². The molecule has 0 saturated heterocycles. The maximum atomic E-state index is 11.1. The molecule has 0 fully saturated rings. The van der Waals surface area contributed by atoms with Crippen molar-refractivity contribution in [1.29, 1.82) is 0 Å². The molecule has 0 unspecified atom stereocenters. The predicted octanol–water partition coefficient (Wildman–Crippen LogP) is 3.07. The standard InChI is InChI=1S/C14H17NO/c1-4-10-15(11-5-2)14-8-6-13(7-9-14)12(3)16/h4-9H,1-2,10-11H2,3H3. The maximum Gasteiger partial charge on any atom is 0.159 e. The van der Waals surface area contributed by atoms with Crippen molar-refractivity contribution in [2.75, 3.05) is 18.0 Å². The van der Waals surface area contributed by atoms with E-state index in [-0.39, 0.29) is 5.78 Å². The normalized spacial score (nSPS) is 9.56. The lowest BCUT2D eigenvalue weighted by Gasteiger charge is -2.21. The summed E-state index contributed by atoms with van der Waals surface area (Å²) in [4.78, 5) is 13.3. The van der Waals surface area contributed by atoms with Gasteiger partial charge in [0.05, 0.1) is 0 Å². The zero-order valence-corrected chi connectivity index (χ0v) is 9.65. The molecule has 1 rings (SSSR count). The highest BCUT2D eigenvalue weighted by molar-refractivity contribution is 5.94. The van der Waals surface area contributed by atoms with Crippen LogP contribution in [0.3, 0.4) is 0 Å². The first-order chi connectivity index (χ1) is 7.69. The Morgan fingerprint density at radius 1 is 1.19 bits per heavy atom. The third kappa shape index (κ3) is 3.09. The van der Waals surface area contributed by atoms with E-state index in [2.05, 4.69) is 18.1 Å². The van der Waals surface area contributed by atoms with Gasteiger partial charge in [0.2, 0.25) is 0 Å². The van der Waals surface area contributed by atoms with Crippen LogP contribution in [0.15, 0.2) is 49.6 Å². The SMILES string of the molecule is C=CCN(CC=C)c1ccc(C(C)=O)cc1. The van der Waals surface area contributed by atoms with E-state index < -0.39 is 0 Å². The number of anilines is 1. The third-order valence-corrected chi connectivity index (χ3v) is 2.34. The zero-order valence-electron chi connectivity index (χ0n) is 9.65. The molecule has 0 N–H and O–H groups in total. The molecule has 0 aromatic heterocycles. The lowest BCUT2D eigenvalue weighted by atomic mass is 10.1. The quantitative estimate of drug-likeness (QED) is 0.537. The van der Waals surface area contributed by atoms with Crippen LogP contribution in [-0.2, 0) is 0 Å². The number of rotatable bonds is 6. The van der Waals surface area contributed by atoms with Crippen molar-refractivity contribution < 1.29 is 4.79 Å². The van der Waals surface area contributed by atoms with Gasteiger partial charge in [-0.15, -0.1) is 13.2 Å². The van der Waals surface area contributed by atoms with E-state index in [0.29, 0.717) is 0 Å². The van der Waals surface area contributed by atoms with E-state index in [9.17, 15) is 4.79 Å². The lowest BCUT2D eigenvalue weighted by Crippen LogP contribution is -2.22. The Balaban J connectivity index is 2.88. The van der Waals surface area contributed by atoms with Gasteiger partial charge in [0.1, 0.15) is 0 Å². The molecular formula is C14H17NO. The number of ketones is 1. The number of hydrogen-bond donors (Lipinski definition) is 0. The van der Waals surface area contributed by atoms with Crippen LogP contribution in [0.4, 0.5) is 5.69 Å². The van der Waals surface area contributed by atoms with Crippen molar-refractivity contribution in [3.8, 4) is 0 Å². The second kappa shape index (κ2) is 5.91. The van der Waals surface area contributed by atoms with Crippen LogP contribution in [0.1, 0.15) is 17.3 Å². The van der Waals surface area contributed by atoms with Gasteiger partial charge in [-0.2, -0.15) is 0 Å². The number of carbonyl (C=O) groups excluding carboxylic acids is 1. The first-order valence-electron chi connectivity index (χ1n) is 5.26. The molecule has 0 spiro atoms. The van der Waals surface area contributed by atoms with Gasteiger partial charge < -0.3 is 4.90 Å². The fourth-order valence-corrected chi connectivity index (χ4v) is 1.50. The summed E-state index contributed by atoms with van der Waals surface area (Å²) in [6.45, 7) is 10.6. The lowest BCUT2D eigenvalue weighted by molar-refractivity contribution is 0.101. The van der Waals surface area contributed by atoms with Crippen LogP contribution in [-0.4, -0.2) is 18.9 Å². The highest BCUT2D eigenvalue weighted by atomic mass is 16.1. The molecular weight excluding hydrogens is 198 g/mol. The first kappa shape index (κ1) is 12.2. The summed E-state index contributed by atoms with van der Waals surface area (Å²) in [5, 5.41) is 0. The summed E-state index contributed by atoms with van der Waals surface area (Å²) < 4.78 is 0. The van der Waals surface area contributed by atoms with Crippen molar-refractivity contribution >= 4 is 11.5 Å². The molecule has 0 saturated carbocycles. The average molecular weight is 215 g/mol. The molecule has 0 radical (unpaired) electrons. The molecule has 0 aliphatic carbocycles. The third-order valence-electron chi connectivity index (χ3n) is 2.34. The van der Waals surface area contributed by atoms with E-state index in [1.165, 1.54) is 0 Å². The summed E-state index contributed by atoms with van der Waals surface area (Å²) in [5.41, 5.74) is 1.81. The number of benzene rings is 1. The highest BCUT2D eigenvalue weighted by Gasteiger charge is 2.04. The summed E-state index contributed by atoms with van der Waals surface area (Å²) in [5.74, 6) is 0.0885. The Bertz CT molecular complexity index is 368. The van der Waals surface area contributed by atoms with Gasteiger partial charge in [0.15, 0.2) is 5.78 Å². The number of Topliss-reactive ketones (excluding diaryl/α,β-unsaturated/α-hetero) is 1. The summed E-state index contributed by atoms with van der Waals surface area (Å²) in [6, 6.07) is 7.58. The topological polar surface area (TPSA) is 20.3 Å². The molecule has 1 aromatic carbocycles. The Morgan fingerprint density at radius 2 is 1.69 bits per heavy atom. The number of carbonyl (C=O) groups is 1. The van der Waals surface area contributed by atoms with E-state index in [4.69, 9.17) is 0 Å². The van der Waals surface area contributed by atoms with Crippen molar-refractivity contribution in [2.45, 2.75) is 6.92 Å². The second-order valence-electron chi connectivity index (χ2n) is 3.59. The number of hydrogen-bond acceptors (Lipinski definition) is 2. The maximum absolute atomic E-state index is 11.1. The van der Waals surface area contributed by atoms with E-state index in [1.807, 2.05) is 36.4 Å². The van der Waals surface area contributed by atoms with Crippen LogP contribution in [0.25, 0.3) is 0 Å². The van der Waals surface area contributed by atoms with Crippen LogP contribution in [0, 0.1) is 0 Å². The fraction of sp³-hybridized carbons (Fsp3) is 0.214. The summed E-state index contributed by atoms with van der Waals surface area (Å²) in [6.07, 6.45) is 3.70. The summed E-state index contributed by atoms with van der Waals surface area (Å²) in [7, 11) is 0. The highest BCUT2D eigenvalue weighted by Crippen LogP contribution is 2.15. The molecule has 1 aromatic rings. The molecule has 2 heteroatoms. The monoisotopic (exact) mass is 215 g/mol. The van der Waals surface area contributed by atoms with E-state index >= 15 is 0 Å². The molecule has 0 amide bonds. The summed E-state index contributed by atoms with van der Waals surface area (Å²) >= 11 is 0. The molecule has 0 aliphatic heterocycles. The Morgan fingerprint density at radius 3 is 2.06 bits per heavy atom. The Hall–Kier alpha value is -1.83. The first-order valence-corrected chi connectivity index (χ1v) is 5.26. The van der Waals surface area contributed by atoms with Crippen molar-refractivity contribution in [3.05, 3.63) is 55.1 Å². The van der Waals surface area contributed by atoms with Crippen LogP contribution < -0.4 is 4.90 Å². The van der Waals surface area contributed by atoms with Crippen molar-refractivity contribution in [3.63, 3.8) is 0 Å². The van der Waals surface area contributed by atoms with Crippen LogP contribution >= 0.6 is 0 Å². The Labute approximate surface area is 96.9 Å². The van der Waals surface area contributed by atoms with Gasteiger partial charge >= 0.3 is 0 Å². The fourth-order valence-electron chi connectivity index (χ4n) is 1.50. The van der Waals surface area contributed by atoms with Gasteiger partial charge in [0, 0.05) is 24.3 Å². The minimum absolute atomic E-state index is 0.0885. The molecule has 0 bridgehead atoms. The van der Waals surface area contributed by atoms with Crippen LogP contribution in [0.5, 0.6) is 0 Å². The predicted molar refractivity (Wildman–Crippen MR) is 69.1 cm³/mol. The van der Waals surface area contributed by atoms with Crippen LogP contribution in [0.2, 0.25) is 0 Å². The minimum atomic E-state index is 0.0885. The minimum Gasteiger partial charge on any atom is -0.364 e. The van der Waals surface area contributed by atoms with Gasteiger partial charge in [-0.3, -0.25) is 4.79 Å². The van der Waals surface area contributed by atoms with Crippen molar-refractivity contribution in [2.24, 2.45) is 0 Å². The molecule has 0 atom stereocenters. The van der Waals surface area contributed by atoms with E-state index in [1.54, 1.807) is 6.92 Å². The van der Waals surface area contributed by atoms with Crippen molar-refractivity contribution in [1.82, 2.24) is 0 Å². The molecule has 16 heavy (non-hydrogen) atoms. The zero-order chi connectivity index (χ0) is 12.0. The molecule has 2 nitrogen and oxygen atoms in total. The van der Waals surface area contributed by atoms with Gasteiger partial charge in [-0.05, 0) is 31.2 Å².